The Balaban J connectivity index is 1.73. The molecule has 0 amide bonds. The van der Waals surface area contributed by atoms with Crippen LogP contribution >= 0.6 is 0 Å². The number of nitrogens with zero attached hydrogens (tertiary/aromatic N) is 1. The van der Waals surface area contributed by atoms with E-state index in [0.29, 0.717) is 5.92 Å². The van der Waals surface area contributed by atoms with Crippen LogP contribution in [0.15, 0.2) is 24.3 Å². The Morgan fingerprint density at radius 3 is 2.82 bits per heavy atom. The Morgan fingerprint density at radius 2 is 2.14 bits per heavy atom. The van der Waals surface area contributed by atoms with Gasteiger partial charge in [0.2, 0.25) is 0 Å². The van der Waals surface area contributed by atoms with Gasteiger partial charge in [-0.2, -0.15) is 13.2 Å². The zero-order valence-electron chi connectivity index (χ0n) is 13.3. The van der Waals surface area contributed by atoms with Crippen molar-refractivity contribution in [1.82, 2.24) is 10.2 Å². The average molecular weight is 314 g/mol. The van der Waals surface area contributed by atoms with Gasteiger partial charge >= 0.3 is 6.18 Å². The molecule has 2 rings (SSSR count). The summed E-state index contributed by atoms with van der Waals surface area (Å²) in [6.45, 7) is 5.98. The van der Waals surface area contributed by atoms with Gasteiger partial charge in [-0.1, -0.05) is 29.8 Å². The molecule has 1 N–H and O–H groups in total. The molecule has 2 unspecified atom stereocenters. The zero-order chi connectivity index (χ0) is 16.2. The van der Waals surface area contributed by atoms with Gasteiger partial charge in [0.1, 0.15) is 0 Å². The highest BCUT2D eigenvalue weighted by molar-refractivity contribution is 5.22. The van der Waals surface area contributed by atoms with Crippen molar-refractivity contribution in [3.8, 4) is 0 Å². The summed E-state index contributed by atoms with van der Waals surface area (Å²) >= 11 is 0. The van der Waals surface area contributed by atoms with Crippen LogP contribution in [0.5, 0.6) is 0 Å². The van der Waals surface area contributed by atoms with Crippen LogP contribution in [0.2, 0.25) is 0 Å². The van der Waals surface area contributed by atoms with Crippen molar-refractivity contribution in [1.29, 1.82) is 0 Å². The quantitative estimate of drug-likeness (QED) is 0.860. The van der Waals surface area contributed by atoms with E-state index in [4.69, 9.17) is 0 Å². The van der Waals surface area contributed by atoms with E-state index in [2.05, 4.69) is 41.4 Å². The van der Waals surface area contributed by atoms with Crippen molar-refractivity contribution < 1.29 is 13.2 Å². The Bertz CT molecular complexity index is 473. The van der Waals surface area contributed by atoms with E-state index in [1.807, 2.05) is 6.92 Å². The van der Waals surface area contributed by atoms with Crippen molar-refractivity contribution in [3.05, 3.63) is 35.4 Å². The normalized spacial score (nSPS) is 21.2. The molecule has 0 saturated carbocycles. The largest absolute Gasteiger partial charge is 0.401 e. The van der Waals surface area contributed by atoms with Crippen LogP contribution < -0.4 is 5.32 Å². The molecular formula is C17H25F3N2. The molecule has 5 heteroatoms. The van der Waals surface area contributed by atoms with Gasteiger partial charge in [0.15, 0.2) is 0 Å². The first-order valence-corrected chi connectivity index (χ1v) is 7.90. The summed E-state index contributed by atoms with van der Waals surface area (Å²) in [6.07, 6.45) is -2.24. The van der Waals surface area contributed by atoms with Gasteiger partial charge in [0, 0.05) is 19.1 Å². The first-order chi connectivity index (χ1) is 10.3. The molecule has 1 aliphatic heterocycles. The number of benzene rings is 1. The van der Waals surface area contributed by atoms with E-state index in [1.165, 1.54) is 11.1 Å². The smallest absolute Gasteiger partial charge is 0.306 e. The van der Waals surface area contributed by atoms with Crippen LogP contribution in [-0.2, 0) is 6.54 Å². The molecule has 1 fully saturated rings. The van der Waals surface area contributed by atoms with Gasteiger partial charge in [0.05, 0.1) is 6.54 Å². The number of rotatable bonds is 6. The summed E-state index contributed by atoms with van der Waals surface area (Å²) in [5.74, 6) is 0.487. The Morgan fingerprint density at radius 1 is 1.36 bits per heavy atom. The molecule has 0 radical (unpaired) electrons. The van der Waals surface area contributed by atoms with Gasteiger partial charge in [-0.05, 0) is 44.7 Å². The van der Waals surface area contributed by atoms with Gasteiger partial charge < -0.3 is 5.32 Å². The third-order valence-corrected chi connectivity index (χ3v) is 4.20. The van der Waals surface area contributed by atoms with E-state index < -0.39 is 12.7 Å². The van der Waals surface area contributed by atoms with Crippen LogP contribution in [0.1, 0.15) is 30.9 Å². The fourth-order valence-corrected chi connectivity index (χ4v) is 3.19. The van der Waals surface area contributed by atoms with Crippen molar-refractivity contribution in [2.45, 2.75) is 45.5 Å². The highest BCUT2D eigenvalue weighted by atomic mass is 19.4. The number of nitrogens with one attached hydrogen (secondary N) is 1. The molecule has 0 aromatic heterocycles. The average Bonchev–Trinajstić information content (AvgIpc) is 2.83. The van der Waals surface area contributed by atoms with Crippen molar-refractivity contribution >= 4 is 0 Å². The maximum Gasteiger partial charge on any atom is 0.401 e. The maximum absolute atomic E-state index is 12.2. The topological polar surface area (TPSA) is 15.3 Å². The van der Waals surface area contributed by atoms with E-state index in [-0.39, 0.29) is 6.04 Å². The second-order valence-electron chi connectivity index (χ2n) is 6.51. The molecule has 0 bridgehead atoms. The number of hydrogen-bond donors (Lipinski definition) is 1. The van der Waals surface area contributed by atoms with Gasteiger partial charge in [-0.3, -0.25) is 4.90 Å². The van der Waals surface area contributed by atoms with Crippen LogP contribution in [-0.4, -0.2) is 36.8 Å². The molecule has 1 heterocycles. The minimum atomic E-state index is -4.12. The first-order valence-electron chi connectivity index (χ1n) is 7.90. The third kappa shape index (κ3) is 5.97. The molecule has 22 heavy (non-hydrogen) atoms. The summed E-state index contributed by atoms with van der Waals surface area (Å²) in [5.41, 5.74) is 2.57. The Kier molecular flexibility index (Phi) is 5.87. The predicted octanol–water partition coefficient (Wildman–Crippen LogP) is 3.75. The lowest BCUT2D eigenvalue weighted by atomic mass is 10.00. The molecule has 1 saturated heterocycles. The van der Waals surface area contributed by atoms with Crippen molar-refractivity contribution in [2.75, 3.05) is 19.6 Å². The Hall–Kier alpha value is -1.07. The number of likely N-dealkylation sites (tertiary alicyclic amines) is 1. The summed E-state index contributed by atoms with van der Waals surface area (Å²) in [7, 11) is 0. The summed E-state index contributed by atoms with van der Waals surface area (Å²) < 4.78 is 36.6. The van der Waals surface area contributed by atoms with Gasteiger partial charge in [0.25, 0.3) is 0 Å². The molecule has 0 spiro atoms. The van der Waals surface area contributed by atoms with Crippen LogP contribution in [0, 0.1) is 12.8 Å². The summed E-state index contributed by atoms with van der Waals surface area (Å²) in [5, 5.41) is 2.58. The third-order valence-electron chi connectivity index (χ3n) is 4.20. The summed E-state index contributed by atoms with van der Waals surface area (Å²) in [4.78, 5) is 2.40. The van der Waals surface area contributed by atoms with E-state index in [0.717, 1.165) is 32.5 Å². The van der Waals surface area contributed by atoms with E-state index >= 15 is 0 Å². The van der Waals surface area contributed by atoms with Crippen LogP contribution in [0.4, 0.5) is 13.2 Å². The second-order valence-corrected chi connectivity index (χ2v) is 6.51. The highest BCUT2D eigenvalue weighted by Gasteiger charge is 2.29. The fraction of sp³-hybridized carbons (Fsp3) is 0.647. The lowest BCUT2D eigenvalue weighted by Gasteiger charge is -2.20. The second kappa shape index (κ2) is 7.47. The lowest BCUT2D eigenvalue weighted by Crippen LogP contribution is -2.36. The molecule has 2 nitrogen and oxygen atoms in total. The minimum Gasteiger partial charge on any atom is -0.306 e. The van der Waals surface area contributed by atoms with Gasteiger partial charge in [-0.25, -0.2) is 0 Å². The first kappa shape index (κ1) is 17.3. The van der Waals surface area contributed by atoms with Crippen molar-refractivity contribution in [2.24, 2.45) is 5.92 Å². The fourth-order valence-electron chi connectivity index (χ4n) is 3.19. The van der Waals surface area contributed by atoms with Gasteiger partial charge in [-0.15, -0.1) is 0 Å². The predicted molar refractivity (Wildman–Crippen MR) is 82.7 cm³/mol. The zero-order valence-corrected chi connectivity index (χ0v) is 13.3. The molecule has 124 valence electrons. The monoisotopic (exact) mass is 314 g/mol. The standard InChI is InChI=1S/C17H25F3N2/c1-13-4-3-5-15(8-13)10-22-7-6-16(11-22)9-14(2)21-12-17(18,19)20/h3-5,8,14,16,21H,6-7,9-12H2,1-2H3. The molecule has 1 aromatic carbocycles. The molecule has 2 atom stereocenters. The van der Waals surface area contributed by atoms with Crippen LogP contribution in [0.3, 0.4) is 0 Å². The molecule has 1 aliphatic rings. The number of aryl methyl sites for hydroxylation is 1. The van der Waals surface area contributed by atoms with Crippen molar-refractivity contribution in [3.63, 3.8) is 0 Å². The minimum absolute atomic E-state index is 0.0921. The molecular weight excluding hydrogens is 289 g/mol. The lowest BCUT2D eigenvalue weighted by molar-refractivity contribution is -0.126. The van der Waals surface area contributed by atoms with Crippen LogP contribution in [0.25, 0.3) is 0 Å². The highest BCUT2D eigenvalue weighted by Crippen LogP contribution is 2.23. The number of hydrogen-bond acceptors (Lipinski definition) is 2. The number of alkyl halides is 3. The SMILES string of the molecule is Cc1cccc(CN2CCC(CC(C)NCC(F)(F)F)C2)c1. The summed E-state index contributed by atoms with van der Waals surface area (Å²) in [6, 6.07) is 8.39. The number of halogens is 3. The maximum atomic E-state index is 12.2. The van der Waals surface area contributed by atoms with E-state index in [9.17, 15) is 13.2 Å². The molecule has 0 aliphatic carbocycles. The Labute approximate surface area is 130 Å². The van der Waals surface area contributed by atoms with E-state index in [1.54, 1.807) is 0 Å². The molecule has 1 aromatic rings.